The Balaban J connectivity index is 2.22. The van der Waals surface area contributed by atoms with E-state index in [1.807, 2.05) is 24.3 Å². The van der Waals surface area contributed by atoms with Crippen molar-refractivity contribution in [1.29, 1.82) is 0 Å². The molecule has 0 spiro atoms. The van der Waals surface area contributed by atoms with Gasteiger partial charge in [-0.05, 0) is 36.3 Å². The smallest absolute Gasteiger partial charge is 0.425 e. The minimum Gasteiger partial charge on any atom is -0.497 e. The molecule has 104 valence electrons. The molecule has 0 saturated heterocycles. The summed E-state index contributed by atoms with van der Waals surface area (Å²) >= 11 is 4.96. The van der Waals surface area contributed by atoms with Gasteiger partial charge >= 0.3 is 6.09 Å². The van der Waals surface area contributed by atoms with E-state index in [0.717, 1.165) is 17.7 Å². The van der Waals surface area contributed by atoms with E-state index in [2.05, 4.69) is 20.9 Å². The summed E-state index contributed by atoms with van der Waals surface area (Å²) in [6.45, 7) is 0.654. The maximum Gasteiger partial charge on any atom is 0.425 e. The summed E-state index contributed by atoms with van der Waals surface area (Å²) in [5.74, 6) is 0.830. The molecule has 0 radical (unpaired) electrons. The zero-order valence-corrected chi connectivity index (χ0v) is 11.7. The number of carbonyl (C=O) groups is 1. The van der Waals surface area contributed by atoms with Crippen molar-refractivity contribution in [3.05, 3.63) is 29.8 Å². The first-order valence-corrected chi connectivity index (χ1v) is 6.07. The maximum atomic E-state index is 10.8. The largest absolute Gasteiger partial charge is 0.497 e. The molecule has 3 N–H and O–H groups in total. The molecule has 1 aromatic carbocycles. The van der Waals surface area contributed by atoms with Crippen LogP contribution < -0.4 is 20.9 Å². The first-order valence-electron chi connectivity index (χ1n) is 5.66. The summed E-state index contributed by atoms with van der Waals surface area (Å²) in [4.78, 5) is 10.8. The van der Waals surface area contributed by atoms with Crippen molar-refractivity contribution in [3.8, 4) is 5.75 Å². The highest BCUT2D eigenvalue weighted by Gasteiger charge is 1.99. The quantitative estimate of drug-likeness (QED) is 0.565. The number of benzene rings is 1. The molecular formula is C12H17N3O3S. The third-order valence-corrected chi connectivity index (χ3v) is 2.57. The van der Waals surface area contributed by atoms with Crippen LogP contribution in [0.15, 0.2) is 24.3 Å². The van der Waals surface area contributed by atoms with Crippen molar-refractivity contribution in [1.82, 2.24) is 16.2 Å². The topological polar surface area (TPSA) is 71.6 Å². The van der Waals surface area contributed by atoms with Crippen LogP contribution in [0.1, 0.15) is 5.56 Å². The van der Waals surface area contributed by atoms with Crippen LogP contribution >= 0.6 is 12.2 Å². The van der Waals surface area contributed by atoms with Gasteiger partial charge < -0.3 is 14.8 Å². The third-order valence-electron chi connectivity index (χ3n) is 2.32. The molecule has 0 fully saturated rings. The second-order valence-electron chi connectivity index (χ2n) is 3.60. The van der Waals surface area contributed by atoms with Gasteiger partial charge in [-0.2, -0.15) is 0 Å². The molecule has 0 aliphatic rings. The standard InChI is InChI=1S/C12H17N3O3S/c1-17-10-5-3-9(4-6-10)7-8-13-11(19)14-15-12(16)18-2/h3-6H,7-8H2,1-2H3,(H,15,16)(H2,13,14,19). The van der Waals surface area contributed by atoms with Crippen molar-refractivity contribution >= 4 is 23.4 Å². The van der Waals surface area contributed by atoms with Crippen LogP contribution in [0.3, 0.4) is 0 Å². The molecule has 0 bridgehead atoms. The van der Waals surface area contributed by atoms with Gasteiger partial charge in [0.1, 0.15) is 5.75 Å². The van der Waals surface area contributed by atoms with Crippen LogP contribution in [0.2, 0.25) is 0 Å². The molecular weight excluding hydrogens is 266 g/mol. The van der Waals surface area contributed by atoms with E-state index in [1.165, 1.54) is 7.11 Å². The number of hydrogen-bond donors (Lipinski definition) is 3. The molecule has 1 aromatic rings. The Labute approximate surface area is 117 Å². The summed E-state index contributed by atoms with van der Waals surface area (Å²) in [6, 6.07) is 7.79. The Morgan fingerprint density at radius 1 is 1.21 bits per heavy atom. The second kappa shape index (κ2) is 8.15. The van der Waals surface area contributed by atoms with E-state index in [0.29, 0.717) is 11.7 Å². The zero-order chi connectivity index (χ0) is 14.1. The van der Waals surface area contributed by atoms with E-state index in [1.54, 1.807) is 7.11 Å². The summed E-state index contributed by atoms with van der Waals surface area (Å²) in [5, 5.41) is 3.29. The molecule has 0 aliphatic carbocycles. The normalized spacial score (nSPS) is 9.37. The Morgan fingerprint density at radius 3 is 2.47 bits per heavy atom. The van der Waals surface area contributed by atoms with Gasteiger partial charge in [-0.25, -0.2) is 10.2 Å². The number of methoxy groups -OCH3 is 2. The average molecular weight is 283 g/mol. The first-order chi connectivity index (χ1) is 9.15. The number of thiocarbonyl (C=S) groups is 1. The van der Waals surface area contributed by atoms with Gasteiger partial charge in [-0.3, -0.25) is 5.43 Å². The van der Waals surface area contributed by atoms with Crippen molar-refractivity contribution in [2.75, 3.05) is 20.8 Å². The lowest BCUT2D eigenvalue weighted by atomic mass is 10.1. The molecule has 0 aromatic heterocycles. The predicted octanol–water partition coefficient (Wildman–Crippen LogP) is 0.973. The summed E-state index contributed by atoms with van der Waals surface area (Å²) < 4.78 is 9.46. The molecule has 1 rings (SSSR count). The highest BCUT2D eigenvalue weighted by Crippen LogP contribution is 2.11. The van der Waals surface area contributed by atoms with Gasteiger partial charge in [0.05, 0.1) is 14.2 Å². The summed E-state index contributed by atoms with van der Waals surface area (Å²) in [7, 11) is 2.91. The highest BCUT2D eigenvalue weighted by atomic mass is 32.1. The van der Waals surface area contributed by atoms with E-state index < -0.39 is 6.09 Å². The van der Waals surface area contributed by atoms with Crippen LogP contribution in [0.5, 0.6) is 5.75 Å². The number of ether oxygens (including phenoxy) is 2. The van der Waals surface area contributed by atoms with E-state index in [-0.39, 0.29) is 0 Å². The first kappa shape index (κ1) is 15.0. The number of rotatable bonds is 4. The van der Waals surface area contributed by atoms with E-state index in [9.17, 15) is 4.79 Å². The fourth-order valence-electron chi connectivity index (χ4n) is 1.32. The van der Waals surface area contributed by atoms with Gasteiger partial charge in [-0.15, -0.1) is 0 Å². The molecule has 0 unspecified atom stereocenters. The molecule has 1 amide bonds. The average Bonchev–Trinajstić information content (AvgIpc) is 2.45. The van der Waals surface area contributed by atoms with Crippen molar-refractivity contribution in [2.45, 2.75) is 6.42 Å². The summed E-state index contributed by atoms with van der Waals surface area (Å²) in [5.41, 5.74) is 5.94. The number of hydrogen-bond acceptors (Lipinski definition) is 4. The molecule has 19 heavy (non-hydrogen) atoms. The number of carbonyl (C=O) groups excluding carboxylic acids is 1. The molecule has 0 saturated carbocycles. The number of amides is 1. The van der Waals surface area contributed by atoms with Crippen LogP contribution in [0.4, 0.5) is 4.79 Å². The fraction of sp³-hybridized carbons (Fsp3) is 0.333. The van der Waals surface area contributed by atoms with Crippen molar-refractivity contribution in [3.63, 3.8) is 0 Å². The van der Waals surface area contributed by atoms with Crippen molar-refractivity contribution < 1.29 is 14.3 Å². The van der Waals surface area contributed by atoms with Crippen molar-refractivity contribution in [2.24, 2.45) is 0 Å². The Morgan fingerprint density at radius 2 is 1.89 bits per heavy atom. The monoisotopic (exact) mass is 283 g/mol. The fourth-order valence-corrected chi connectivity index (χ4v) is 1.47. The minimum absolute atomic E-state index is 0.332. The van der Waals surface area contributed by atoms with Crippen LogP contribution in [-0.4, -0.2) is 32.0 Å². The second-order valence-corrected chi connectivity index (χ2v) is 4.00. The predicted molar refractivity (Wildman–Crippen MR) is 76.0 cm³/mol. The van der Waals surface area contributed by atoms with Gasteiger partial charge in [0, 0.05) is 6.54 Å². The minimum atomic E-state index is -0.598. The molecule has 6 nitrogen and oxygen atoms in total. The molecule has 7 heteroatoms. The van der Waals surface area contributed by atoms with E-state index in [4.69, 9.17) is 17.0 Å². The molecule has 0 atom stereocenters. The third kappa shape index (κ3) is 5.91. The van der Waals surface area contributed by atoms with E-state index >= 15 is 0 Å². The highest BCUT2D eigenvalue weighted by molar-refractivity contribution is 7.80. The molecule has 0 heterocycles. The lowest BCUT2D eigenvalue weighted by Gasteiger charge is -2.10. The number of nitrogens with one attached hydrogen (secondary N) is 3. The van der Waals surface area contributed by atoms with Crippen LogP contribution in [0, 0.1) is 0 Å². The Bertz CT molecular complexity index is 423. The SMILES string of the molecule is COC(=O)NNC(=S)NCCc1ccc(OC)cc1. The lowest BCUT2D eigenvalue weighted by molar-refractivity contribution is 0.168. The van der Waals surface area contributed by atoms with Crippen LogP contribution in [0.25, 0.3) is 0 Å². The maximum absolute atomic E-state index is 10.8. The van der Waals surface area contributed by atoms with Crippen LogP contribution in [-0.2, 0) is 11.2 Å². The summed E-state index contributed by atoms with van der Waals surface area (Å²) in [6.07, 6.45) is 0.212. The van der Waals surface area contributed by atoms with Gasteiger partial charge in [0.2, 0.25) is 0 Å². The Kier molecular flexibility index (Phi) is 6.45. The Hall–Kier alpha value is -2.02. The number of hydrazine groups is 1. The van der Waals surface area contributed by atoms with Gasteiger partial charge in [-0.1, -0.05) is 12.1 Å². The van der Waals surface area contributed by atoms with Gasteiger partial charge in [0.15, 0.2) is 5.11 Å². The zero-order valence-electron chi connectivity index (χ0n) is 10.9. The molecule has 0 aliphatic heterocycles. The van der Waals surface area contributed by atoms with Gasteiger partial charge in [0.25, 0.3) is 0 Å². The lowest BCUT2D eigenvalue weighted by Crippen LogP contribution is -2.47.